The molecule has 0 unspecified atom stereocenters. The average Bonchev–Trinajstić information content (AvgIpc) is 2.53. The number of hydrogen-bond acceptors (Lipinski definition) is 3. The molecule has 0 atom stereocenters. The van der Waals surface area contributed by atoms with Crippen molar-refractivity contribution in [3.63, 3.8) is 0 Å². The zero-order valence-corrected chi connectivity index (χ0v) is 11.9. The van der Waals surface area contributed by atoms with E-state index in [1.54, 1.807) is 12.1 Å². The molecular weight excluding hydrogens is 266 g/mol. The molecule has 2 aromatic carbocycles. The van der Waals surface area contributed by atoms with E-state index in [4.69, 9.17) is 9.47 Å². The first-order chi connectivity index (χ1) is 10.2. The highest BCUT2D eigenvalue weighted by Crippen LogP contribution is 2.32. The summed E-state index contributed by atoms with van der Waals surface area (Å²) in [5.41, 5.74) is 2.77. The van der Waals surface area contributed by atoms with Gasteiger partial charge >= 0.3 is 0 Å². The van der Waals surface area contributed by atoms with Crippen LogP contribution in [0.2, 0.25) is 0 Å². The first-order valence-corrected chi connectivity index (χ1v) is 6.96. The van der Waals surface area contributed by atoms with Crippen molar-refractivity contribution < 1.29 is 14.3 Å². The Morgan fingerprint density at radius 3 is 2.48 bits per heavy atom. The van der Waals surface area contributed by atoms with Gasteiger partial charge in [-0.25, -0.2) is 0 Å². The van der Waals surface area contributed by atoms with Crippen molar-refractivity contribution >= 4 is 5.91 Å². The molecule has 4 nitrogen and oxygen atoms in total. The van der Waals surface area contributed by atoms with Gasteiger partial charge in [-0.15, -0.1) is 0 Å². The van der Waals surface area contributed by atoms with Gasteiger partial charge in [0.05, 0.1) is 0 Å². The Hall–Kier alpha value is -2.49. The van der Waals surface area contributed by atoms with Crippen LogP contribution in [0, 0.1) is 6.92 Å². The Morgan fingerprint density at radius 1 is 1.10 bits per heavy atom. The fourth-order valence-electron chi connectivity index (χ4n) is 2.29. The van der Waals surface area contributed by atoms with E-state index in [-0.39, 0.29) is 5.91 Å². The molecule has 0 spiro atoms. The van der Waals surface area contributed by atoms with Crippen LogP contribution >= 0.6 is 0 Å². The molecule has 3 rings (SSSR count). The summed E-state index contributed by atoms with van der Waals surface area (Å²) in [4.78, 5) is 12.1. The number of amides is 1. The molecule has 0 fully saturated rings. The van der Waals surface area contributed by atoms with Crippen LogP contribution in [0.4, 0.5) is 0 Å². The van der Waals surface area contributed by atoms with Crippen molar-refractivity contribution in [2.24, 2.45) is 0 Å². The minimum absolute atomic E-state index is 0.0788. The highest BCUT2D eigenvalue weighted by molar-refractivity contribution is 5.94. The fraction of sp³-hybridized carbons (Fsp3) is 0.235. The molecule has 1 N–H and O–H groups in total. The molecule has 0 saturated heterocycles. The molecule has 0 aromatic heterocycles. The van der Waals surface area contributed by atoms with Crippen LogP contribution in [0.3, 0.4) is 0 Å². The predicted octanol–water partition coefficient (Wildman–Crippen LogP) is 2.70. The van der Waals surface area contributed by atoms with Crippen molar-refractivity contribution in [3.05, 3.63) is 59.2 Å². The molecule has 2 aromatic rings. The number of ether oxygens (including phenoxy) is 2. The predicted molar refractivity (Wildman–Crippen MR) is 79.8 cm³/mol. The summed E-state index contributed by atoms with van der Waals surface area (Å²) in [7, 11) is 0. The Bertz CT molecular complexity index is 653. The largest absolute Gasteiger partial charge is 0.486 e. The van der Waals surface area contributed by atoms with E-state index in [1.165, 1.54) is 0 Å². The summed E-state index contributed by atoms with van der Waals surface area (Å²) < 4.78 is 11.1. The Labute approximate surface area is 123 Å². The Morgan fingerprint density at radius 2 is 1.76 bits per heavy atom. The third-order valence-corrected chi connectivity index (χ3v) is 3.48. The second kappa shape index (κ2) is 5.87. The van der Waals surface area contributed by atoms with E-state index < -0.39 is 0 Å². The number of carbonyl (C=O) groups is 1. The Kier molecular flexibility index (Phi) is 3.77. The van der Waals surface area contributed by atoms with Crippen molar-refractivity contribution in [1.82, 2.24) is 5.32 Å². The molecule has 0 bridgehead atoms. The highest BCUT2D eigenvalue weighted by atomic mass is 16.6. The van der Waals surface area contributed by atoms with Crippen molar-refractivity contribution in [2.75, 3.05) is 13.2 Å². The number of fused-ring (bicyclic) bond motifs is 1. The van der Waals surface area contributed by atoms with Gasteiger partial charge in [-0.1, -0.05) is 18.2 Å². The summed E-state index contributed by atoms with van der Waals surface area (Å²) in [6.45, 7) is 3.61. The monoisotopic (exact) mass is 283 g/mol. The topological polar surface area (TPSA) is 47.6 Å². The number of nitrogens with one attached hydrogen (secondary N) is 1. The zero-order chi connectivity index (χ0) is 14.7. The lowest BCUT2D eigenvalue weighted by molar-refractivity contribution is 0.0950. The molecule has 1 aliphatic rings. The van der Waals surface area contributed by atoms with Crippen LogP contribution in [-0.4, -0.2) is 19.1 Å². The molecule has 21 heavy (non-hydrogen) atoms. The van der Waals surface area contributed by atoms with Crippen LogP contribution in [0.15, 0.2) is 42.5 Å². The van der Waals surface area contributed by atoms with Crippen molar-refractivity contribution in [1.29, 1.82) is 0 Å². The molecule has 108 valence electrons. The van der Waals surface area contributed by atoms with Gasteiger partial charge in [-0.3, -0.25) is 4.79 Å². The van der Waals surface area contributed by atoms with Gasteiger partial charge in [0.1, 0.15) is 13.2 Å². The fourth-order valence-corrected chi connectivity index (χ4v) is 2.29. The highest BCUT2D eigenvalue weighted by Gasteiger charge is 2.14. The van der Waals surface area contributed by atoms with Gasteiger partial charge < -0.3 is 14.8 Å². The first-order valence-electron chi connectivity index (χ1n) is 6.96. The molecule has 1 aliphatic heterocycles. The van der Waals surface area contributed by atoms with E-state index in [0.717, 1.165) is 22.6 Å². The quantitative estimate of drug-likeness (QED) is 0.942. The molecule has 0 aliphatic carbocycles. The van der Waals surface area contributed by atoms with E-state index >= 15 is 0 Å². The second-order valence-corrected chi connectivity index (χ2v) is 4.97. The molecule has 1 heterocycles. The van der Waals surface area contributed by atoms with Crippen LogP contribution in [0.1, 0.15) is 21.5 Å². The van der Waals surface area contributed by atoms with Gasteiger partial charge in [0.25, 0.3) is 5.91 Å². The van der Waals surface area contributed by atoms with Gasteiger partial charge in [-0.05, 0) is 42.3 Å². The van der Waals surface area contributed by atoms with Crippen LogP contribution in [0.5, 0.6) is 11.5 Å². The molecule has 4 heteroatoms. The van der Waals surface area contributed by atoms with Crippen molar-refractivity contribution in [2.45, 2.75) is 13.5 Å². The van der Waals surface area contributed by atoms with Gasteiger partial charge in [-0.2, -0.15) is 0 Å². The van der Waals surface area contributed by atoms with E-state index in [1.807, 2.05) is 37.3 Å². The summed E-state index contributed by atoms with van der Waals surface area (Å²) in [5.74, 6) is 1.44. The lowest BCUT2D eigenvalue weighted by Crippen LogP contribution is -2.23. The molecular formula is C17H17NO3. The average molecular weight is 283 g/mol. The lowest BCUT2D eigenvalue weighted by Gasteiger charge is -2.20. The molecule has 0 saturated carbocycles. The van der Waals surface area contributed by atoms with Crippen LogP contribution < -0.4 is 14.8 Å². The normalized spacial score (nSPS) is 12.8. The summed E-state index contributed by atoms with van der Waals surface area (Å²) in [6, 6.07) is 13.1. The standard InChI is InChI=1S/C17H17NO3/c1-12-9-15-16(21-8-7-20-15)10-14(12)11-18-17(19)13-5-3-2-4-6-13/h2-6,9-10H,7-8,11H2,1H3,(H,18,19). The second-order valence-electron chi connectivity index (χ2n) is 4.97. The number of aryl methyl sites for hydroxylation is 1. The van der Waals surface area contributed by atoms with E-state index in [2.05, 4.69) is 5.32 Å². The van der Waals surface area contributed by atoms with Crippen molar-refractivity contribution in [3.8, 4) is 11.5 Å². The van der Waals surface area contributed by atoms with Crippen LogP contribution in [-0.2, 0) is 6.54 Å². The smallest absolute Gasteiger partial charge is 0.251 e. The molecule has 0 radical (unpaired) electrons. The van der Waals surface area contributed by atoms with Gasteiger partial charge in [0, 0.05) is 12.1 Å². The summed E-state index contributed by atoms with van der Waals surface area (Å²) >= 11 is 0. The number of benzene rings is 2. The maximum absolute atomic E-state index is 12.1. The van der Waals surface area contributed by atoms with Gasteiger partial charge in [0.2, 0.25) is 0 Å². The Balaban J connectivity index is 1.72. The first kappa shape index (κ1) is 13.5. The lowest BCUT2D eigenvalue weighted by atomic mass is 10.1. The van der Waals surface area contributed by atoms with E-state index in [9.17, 15) is 4.79 Å². The summed E-state index contributed by atoms with van der Waals surface area (Å²) in [6.07, 6.45) is 0. The third kappa shape index (κ3) is 2.99. The van der Waals surface area contributed by atoms with E-state index in [0.29, 0.717) is 25.3 Å². The minimum atomic E-state index is -0.0788. The number of hydrogen-bond donors (Lipinski definition) is 1. The number of rotatable bonds is 3. The van der Waals surface area contributed by atoms with Gasteiger partial charge in [0.15, 0.2) is 11.5 Å². The SMILES string of the molecule is Cc1cc2c(cc1CNC(=O)c1ccccc1)OCCO2. The maximum Gasteiger partial charge on any atom is 0.251 e. The minimum Gasteiger partial charge on any atom is -0.486 e. The molecule has 1 amide bonds. The zero-order valence-electron chi connectivity index (χ0n) is 11.9. The maximum atomic E-state index is 12.1. The summed E-state index contributed by atoms with van der Waals surface area (Å²) in [5, 5.41) is 2.93. The third-order valence-electron chi connectivity index (χ3n) is 3.48. The number of carbonyl (C=O) groups excluding carboxylic acids is 1. The van der Waals surface area contributed by atoms with Crippen LogP contribution in [0.25, 0.3) is 0 Å².